The fourth-order valence-electron chi connectivity index (χ4n) is 2.47. The molecule has 0 radical (unpaired) electrons. The molecule has 0 atom stereocenters. The van der Waals surface area contributed by atoms with Gasteiger partial charge in [0.05, 0.1) is 0 Å². The van der Waals surface area contributed by atoms with E-state index < -0.39 is 0 Å². The van der Waals surface area contributed by atoms with Crippen molar-refractivity contribution in [2.45, 2.75) is 13.8 Å². The summed E-state index contributed by atoms with van der Waals surface area (Å²) in [7, 11) is 0. The normalized spacial score (nSPS) is 10.4. The lowest BCUT2D eigenvalue weighted by molar-refractivity contribution is 0.102. The Morgan fingerprint density at radius 1 is 0.960 bits per heavy atom. The molecule has 1 amide bonds. The molecule has 0 fully saturated rings. The van der Waals surface area contributed by atoms with Crippen molar-refractivity contribution in [1.82, 2.24) is 4.98 Å². The molecule has 1 heterocycles. The third-order valence-electron chi connectivity index (χ3n) is 3.76. The van der Waals surface area contributed by atoms with Gasteiger partial charge < -0.3 is 10.6 Å². The van der Waals surface area contributed by atoms with Gasteiger partial charge in [-0.2, -0.15) is 0 Å². The van der Waals surface area contributed by atoms with Crippen LogP contribution in [0.2, 0.25) is 0 Å². The Morgan fingerprint density at radius 2 is 1.72 bits per heavy atom. The number of hydrogen-bond acceptors (Lipinski definition) is 3. The summed E-state index contributed by atoms with van der Waals surface area (Å²) in [5, 5.41) is 6.00. The Morgan fingerprint density at radius 3 is 2.44 bits per heavy atom. The van der Waals surface area contributed by atoms with E-state index >= 15 is 0 Å². The number of aryl methyl sites for hydroxylation is 2. The lowest BCUT2D eigenvalue weighted by atomic mass is 10.1. The SMILES string of the molecule is Cc1ccc(Nc2ccnc(C(=O)Nc3ccc(F)cc3)c2)c(C)c1. The summed E-state index contributed by atoms with van der Waals surface area (Å²) >= 11 is 0. The molecular weight excluding hydrogens is 317 g/mol. The van der Waals surface area contributed by atoms with E-state index in [9.17, 15) is 9.18 Å². The molecule has 0 aliphatic rings. The minimum absolute atomic E-state index is 0.277. The molecule has 3 rings (SSSR count). The molecule has 5 heteroatoms. The minimum atomic E-state index is -0.351. The number of halogens is 1. The Balaban J connectivity index is 1.76. The molecule has 0 saturated carbocycles. The summed E-state index contributed by atoms with van der Waals surface area (Å²) in [6.45, 7) is 4.07. The van der Waals surface area contributed by atoms with E-state index in [2.05, 4.69) is 21.7 Å². The molecule has 126 valence electrons. The van der Waals surface area contributed by atoms with Gasteiger partial charge in [-0.05, 0) is 61.9 Å². The lowest BCUT2D eigenvalue weighted by Crippen LogP contribution is -2.13. The Bertz CT molecular complexity index is 907. The van der Waals surface area contributed by atoms with Gasteiger partial charge >= 0.3 is 0 Å². The van der Waals surface area contributed by atoms with E-state index in [4.69, 9.17) is 0 Å². The summed E-state index contributed by atoms with van der Waals surface area (Å²) in [5.74, 6) is -0.702. The van der Waals surface area contributed by atoms with Gasteiger partial charge in [-0.15, -0.1) is 0 Å². The van der Waals surface area contributed by atoms with Crippen LogP contribution >= 0.6 is 0 Å². The molecule has 2 N–H and O–H groups in total. The van der Waals surface area contributed by atoms with E-state index in [1.807, 2.05) is 26.0 Å². The van der Waals surface area contributed by atoms with Gasteiger partial charge in [0.15, 0.2) is 0 Å². The van der Waals surface area contributed by atoms with Crippen molar-refractivity contribution < 1.29 is 9.18 Å². The zero-order valence-corrected chi connectivity index (χ0v) is 14.0. The van der Waals surface area contributed by atoms with Crippen molar-refractivity contribution in [2.75, 3.05) is 10.6 Å². The van der Waals surface area contributed by atoms with E-state index in [-0.39, 0.29) is 17.4 Å². The number of rotatable bonds is 4. The average molecular weight is 335 g/mol. The van der Waals surface area contributed by atoms with Crippen molar-refractivity contribution in [3.05, 3.63) is 83.4 Å². The van der Waals surface area contributed by atoms with Gasteiger partial charge in [0, 0.05) is 23.3 Å². The largest absolute Gasteiger partial charge is 0.355 e. The molecule has 0 unspecified atom stereocenters. The van der Waals surface area contributed by atoms with E-state index in [1.165, 1.54) is 29.8 Å². The zero-order chi connectivity index (χ0) is 17.8. The number of pyridine rings is 1. The van der Waals surface area contributed by atoms with Crippen LogP contribution in [0.25, 0.3) is 0 Å². The lowest BCUT2D eigenvalue weighted by Gasteiger charge is -2.11. The predicted octanol–water partition coefficient (Wildman–Crippen LogP) is 4.83. The minimum Gasteiger partial charge on any atom is -0.355 e. The number of nitrogens with zero attached hydrogens (tertiary/aromatic N) is 1. The quantitative estimate of drug-likeness (QED) is 0.718. The highest BCUT2D eigenvalue weighted by molar-refractivity contribution is 6.03. The van der Waals surface area contributed by atoms with Crippen LogP contribution in [-0.2, 0) is 0 Å². The molecule has 0 aliphatic heterocycles. The second kappa shape index (κ2) is 7.13. The Kier molecular flexibility index (Phi) is 4.75. The van der Waals surface area contributed by atoms with Gasteiger partial charge in [0.2, 0.25) is 0 Å². The highest BCUT2D eigenvalue weighted by Crippen LogP contribution is 2.22. The van der Waals surface area contributed by atoms with Crippen LogP contribution in [0, 0.1) is 19.7 Å². The number of aromatic nitrogens is 1. The van der Waals surface area contributed by atoms with Crippen LogP contribution in [0.4, 0.5) is 21.5 Å². The van der Waals surface area contributed by atoms with Crippen molar-refractivity contribution >= 4 is 23.0 Å². The molecular formula is C20H18FN3O. The number of amides is 1. The second-order valence-electron chi connectivity index (χ2n) is 5.83. The molecule has 0 spiro atoms. The molecule has 25 heavy (non-hydrogen) atoms. The third kappa shape index (κ3) is 4.20. The molecule has 0 bridgehead atoms. The van der Waals surface area contributed by atoms with Crippen molar-refractivity contribution in [3.8, 4) is 0 Å². The Labute approximate surface area is 145 Å². The van der Waals surface area contributed by atoms with Crippen LogP contribution in [0.5, 0.6) is 0 Å². The number of carbonyl (C=O) groups is 1. The van der Waals surface area contributed by atoms with Crippen LogP contribution in [0.1, 0.15) is 21.6 Å². The third-order valence-corrected chi connectivity index (χ3v) is 3.76. The molecule has 1 aromatic heterocycles. The summed E-state index contributed by atoms with van der Waals surface area (Å²) < 4.78 is 12.9. The summed E-state index contributed by atoms with van der Waals surface area (Å²) in [4.78, 5) is 16.4. The van der Waals surface area contributed by atoms with Crippen molar-refractivity contribution in [2.24, 2.45) is 0 Å². The fourth-order valence-corrected chi connectivity index (χ4v) is 2.47. The molecule has 0 aliphatic carbocycles. The molecule has 0 saturated heterocycles. The maximum absolute atomic E-state index is 12.9. The molecule has 3 aromatic rings. The number of carbonyl (C=O) groups excluding carboxylic acids is 1. The standard InChI is InChI=1S/C20H18FN3O/c1-13-3-8-18(14(2)11-13)23-17-9-10-22-19(12-17)20(25)24-16-6-4-15(21)5-7-16/h3-12H,1-2H3,(H,22,23)(H,24,25). The monoisotopic (exact) mass is 335 g/mol. The summed E-state index contributed by atoms with van der Waals surface area (Å²) in [5.41, 5.74) is 4.85. The van der Waals surface area contributed by atoms with Gasteiger partial charge in [0.25, 0.3) is 5.91 Å². The Hall–Kier alpha value is -3.21. The smallest absolute Gasteiger partial charge is 0.274 e. The first-order chi connectivity index (χ1) is 12.0. The maximum atomic E-state index is 12.9. The van der Waals surface area contributed by atoms with Crippen LogP contribution in [-0.4, -0.2) is 10.9 Å². The van der Waals surface area contributed by atoms with Crippen LogP contribution in [0.15, 0.2) is 60.8 Å². The number of anilines is 3. The van der Waals surface area contributed by atoms with Gasteiger partial charge in [-0.3, -0.25) is 9.78 Å². The second-order valence-corrected chi connectivity index (χ2v) is 5.83. The fraction of sp³-hybridized carbons (Fsp3) is 0.100. The van der Waals surface area contributed by atoms with E-state index in [0.29, 0.717) is 5.69 Å². The first kappa shape index (κ1) is 16.6. The number of hydrogen-bond donors (Lipinski definition) is 2. The van der Waals surface area contributed by atoms with E-state index in [1.54, 1.807) is 18.3 Å². The number of nitrogens with one attached hydrogen (secondary N) is 2. The summed E-state index contributed by atoms with van der Waals surface area (Å²) in [6.07, 6.45) is 1.57. The van der Waals surface area contributed by atoms with Crippen LogP contribution < -0.4 is 10.6 Å². The highest BCUT2D eigenvalue weighted by Gasteiger charge is 2.09. The van der Waals surface area contributed by atoms with Gasteiger partial charge in [-0.25, -0.2) is 4.39 Å². The summed E-state index contributed by atoms with van der Waals surface area (Å²) in [6, 6.07) is 15.2. The molecule has 4 nitrogen and oxygen atoms in total. The number of benzene rings is 2. The van der Waals surface area contributed by atoms with Crippen molar-refractivity contribution in [3.63, 3.8) is 0 Å². The van der Waals surface area contributed by atoms with E-state index in [0.717, 1.165) is 16.9 Å². The highest BCUT2D eigenvalue weighted by atomic mass is 19.1. The van der Waals surface area contributed by atoms with Gasteiger partial charge in [-0.1, -0.05) is 17.7 Å². The first-order valence-electron chi connectivity index (χ1n) is 7.88. The van der Waals surface area contributed by atoms with Crippen LogP contribution in [0.3, 0.4) is 0 Å². The molecule has 2 aromatic carbocycles. The maximum Gasteiger partial charge on any atom is 0.274 e. The zero-order valence-electron chi connectivity index (χ0n) is 14.0. The predicted molar refractivity (Wildman–Crippen MR) is 97.8 cm³/mol. The van der Waals surface area contributed by atoms with Gasteiger partial charge in [0.1, 0.15) is 11.5 Å². The van der Waals surface area contributed by atoms with Crippen molar-refractivity contribution in [1.29, 1.82) is 0 Å². The average Bonchev–Trinajstić information content (AvgIpc) is 2.60. The first-order valence-corrected chi connectivity index (χ1v) is 7.88. The topological polar surface area (TPSA) is 54.0 Å².